The molecule has 2 amide bonds. The minimum absolute atomic E-state index is 0.0937. The second kappa shape index (κ2) is 7.29. The monoisotopic (exact) mass is 329 g/mol. The standard InChI is InChI=1S/C16H23N7O/c1-10(2)19-16(24)20-12-5-4-11(8-12)13-9-14(23-22-13)21-15-17-6-3-7-18-15/h3,6-7,9-12H,4-5,8H2,1-2H3,(H2,19,20,24)(H2,17,18,21,22,23)/t11-,12?/m0/s1. The first-order chi connectivity index (χ1) is 11.6. The molecule has 1 fully saturated rings. The normalized spacial score (nSPS) is 20.1. The van der Waals surface area contributed by atoms with Gasteiger partial charge in [0.2, 0.25) is 5.95 Å². The van der Waals surface area contributed by atoms with Crippen LogP contribution in [-0.2, 0) is 0 Å². The van der Waals surface area contributed by atoms with Crippen molar-refractivity contribution >= 4 is 17.8 Å². The molecule has 1 aliphatic rings. The highest BCUT2D eigenvalue weighted by Crippen LogP contribution is 2.34. The van der Waals surface area contributed by atoms with Crippen LogP contribution in [0.3, 0.4) is 0 Å². The molecule has 1 aliphatic carbocycles. The van der Waals surface area contributed by atoms with Crippen molar-refractivity contribution in [3.63, 3.8) is 0 Å². The second-order valence-electron chi connectivity index (χ2n) is 6.39. The molecule has 0 spiro atoms. The molecule has 2 heterocycles. The number of aromatic amines is 1. The molecule has 2 atom stereocenters. The fourth-order valence-corrected chi connectivity index (χ4v) is 2.97. The maximum atomic E-state index is 11.8. The van der Waals surface area contributed by atoms with Crippen LogP contribution >= 0.6 is 0 Å². The Balaban J connectivity index is 1.54. The number of H-pyrrole nitrogens is 1. The van der Waals surface area contributed by atoms with Crippen LogP contribution in [0.1, 0.15) is 44.7 Å². The summed E-state index contributed by atoms with van der Waals surface area (Å²) < 4.78 is 0. The number of urea groups is 1. The van der Waals surface area contributed by atoms with Crippen LogP contribution in [0.15, 0.2) is 24.5 Å². The molecule has 128 valence electrons. The third-order valence-electron chi connectivity index (χ3n) is 4.03. The molecule has 0 aromatic carbocycles. The van der Waals surface area contributed by atoms with E-state index in [9.17, 15) is 4.79 Å². The minimum Gasteiger partial charge on any atom is -0.336 e. The van der Waals surface area contributed by atoms with Crippen molar-refractivity contribution in [2.45, 2.75) is 51.1 Å². The molecular weight excluding hydrogens is 306 g/mol. The number of nitrogens with zero attached hydrogens (tertiary/aromatic N) is 3. The molecule has 0 aliphatic heterocycles. The number of hydrogen-bond donors (Lipinski definition) is 4. The maximum Gasteiger partial charge on any atom is 0.315 e. The van der Waals surface area contributed by atoms with Crippen LogP contribution in [0.4, 0.5) is 16.6 Å². The number of aromatic nitrogens is 4. The van der Waals surface area contributed by atoms with Gasteiger partial charge < -0.3 is 16.0 Å². The van der Waals surface area contributed by atoms with E-state index in [1.165, 1.54) is 0 Å². The number of carbonyl (C=O) groups excluding carboxylic acids is 1. The van der Waals surface area contributed by atoms with Gasteiger partial charge in [0.25, 0.3) is 0 Å². The lowest BCUT2D eigenvalue weighted by atomic mass is 10.0. The summed E-state index contributed by atoms with van der Waals surface area (Å²) in [6.45, 7) is 3.90. The van der Waals surface area contributed by atoms with E-state index < -0.39 is 0 Å². The molecule has 8 nitrogen and oxygen atoms in total. The summed E-state index contributed by atoms with van der Waals surface area (Å²) in [5, 5.41) is 16.3. The van der Waals surface area contributed by atoms with Gasteiger partial charge in [-0.3, -0.25) is 5.10 Å². The van der Waals surface area contributed by atoms with E-state index in [-0.39, 0.29) is 18.1 Å². The van der Waals surface area contributed by atoms with Gasteiger partial charge in [0, 0.05) is 42.2 Å². The molecule has 8 heteroatoms. The van der Waals surface area contributed by atoms with Gasteiger partial charge in [0.1, 0.15) is 0 Å². The lowest BCUT2D eigenvalue weighted by molar-refractivity contribution is 0.234. The van der Waals surface area contributed by atoms with E-state index in [0.717, 1.165) is 25.0 Å². The van der Waals surface area contributed by atoms with Gasteiger partial charge in [0.15, 0.2) is 5.82 Å². The Labute approximate surface area is 140 Å². The van der Waals surface area contributed by atoms with Crippen molar-refractivity contribution in [3.05, 3.63) is 30.2 Å². The second-order valence-corrected chi connectivity index (χ2v) is 6.39. The first kappa shape index (κ1) is 16.2. The van der Waals surface area contributed by atoms with E-state index in [4.69, 9.17) is 0 Å². The predicted octanol–water partition coefficient (Wildman–Crippen LogP) is 2.29. The molecule has 1 unspecified atom stereocenters. The van der Waals surface area contributed by atoms with Gasteiger partial charge in [-0.15, -0.1) is 0 Å². The summed E-state index contributed by atoms with van der Waals surface area (Å²) in [7, 11) is 0. The molecule has 1 saturated carbocycles. The summed E-state index contributed by atoms with van der Waals surface area (Å²) in [4.78, 5) is 20.0. The van der Waals surface area contributed by atoms with Crippen LogP contribution in [0.2, 0.25) is 0 Å². The molecule has 2 aromatic rings. The Hall–Kier alpha value is -2.64. The molecular formula is C16H23N7O. The predicted molar refractivity (Wildman–Crippen MR) is 91.1 cm³/mol. The molecule has 3 rings (SSSR count). The Bertz CT molecular complexity index is 670. The van der Waals surface area contributed by atoms with Gasteiger partial charge in [-0.25, -0.2) is 14.8 Å². The third-order valence-corrected chi connectivity index (χ3v) is 4.03. The largest absolute Gasteiger partial charge is 0.336 e. The summed E-state index contributed by atoms with van der Waals surface area (Å²) in [6, 6.07) is 4.00. The van der Waals surface area contributed by atoms with Crippen molar-refractivity contribution in [2.24, 2.45) is 0 Å². The Morgan fingerprint density at radius 3 is 2.83 bits per heavy atom. The molecule has 2 aromatic heterocycles. The summed E-state index contributed by atoms with van der Waals surface area (Å²) in [5.41, 5.74) is 1.07. The first-order valence-corrected chi connectivity index (χ1v) is 8.26. The molecule has 0 radical (unpaired) electrons. The fourth-order valence-electron chi connectivity index (χ4n) is 2.97. The zero-order valence-corrected chi connectivity index (χ0v) is 13.9. The van der Waals surface area contributed by atoms with E-state index in [0.29, 0.717) is 17.7 Å². The third kappa shape index (κ3) is 4.21. The number of carbonyl (C=O) groups is 1. The quantitative estimate of drug-likeness (QED) is 0.673. The first-order valence-electron chi connectivity index (χ1n) is 8.26. The molecule has 24 heavy (non-hydrogen) atoms. The van der Waals surface area contributed by atoms with Crippen LogP contribution in [0, 0.1) is 0 Å². The van der Waals surface area contributed by atoms with Gasteiger partial charge >= 0.3 is 6.03 Å². The van der Waals surface area contributed by atoms with Gasteiger partial charge in [0.05, 0.1) is 0 Å². The van der Waals surface area contributed by atoms with Crippen molar-refractivity contribution in [3.8, 4) is 0 Å². The molecule has 0 bridgehead atoms. The zero-order chi connectivity index (χ0) is 16.9. The molecule has 0 saturated heterocycles. The summed E-state index contributed by atoms with van der Waals surface area (Å²) >= 11 is 0. The van der Waals surface area contributed by atoms with Crippen molar-refractivity contribution in [1.29, 1.82) is 0 Å². The SMILES string of the molecule is CC(C)NC(=O)NC1CC[C@H](c2cc(Nc3ncccn3)n[nH]2)C1. The highest BCUT2D eigenvalue weighted by molar-refractivity contribution is 5.74. The zero-order valence-electron chi connectivity index (χ0n) is 13.9. The number of nitrogens with one attached hydrogen (secondary N) is 4. The Kier molecular flexibility index (Phi) is 4.93. The smallest absolute Gasteiger partial charge is 0.315 e. The van der Waals surface area contributed by atoms with E-state index in [1.54, 1.807) is 18.5 Å². The number of anilines is 2. The van der Waals surface area contributed by atoms with Crippen molar-refractivity contribution in [2.75, 3.05) is 5.32 Å². The highest BCUT2D eigenvalue weighted by atomic mass is 16.2. The number of hydrogen-bond acceptors (Lipinski definition) is 5. The number of rotatable bonds is 5. The van der Waals surface area contributed by atoms with Gasteiger partial charge in [-0.2, -0.15) is 5.10 Å². The minimum atomic E-state index is -0.0937. The number of amides is 2. The lowest BCUT2D eigenvalue weighted by Gasteiger charge is -2.15. The van der Waals surface area contributed by atoms with Gasteiger partial charge in [-0.1, -0.05) is 0 Å². The molecule has 4 N–H and O–H groups in total. The fraction of sp³-hybridized carbons (Fsp3) is 0.500. The maximum absolute atomic E-state index is 11.8. The van der Waals surface area contributed by atoms with Crippen LogP contribution in [-0.4, -0.2) is 38.3 Å². The van der Waals surface area contributed by atoms with Crippen LogP contribution < -0.4 is 16.0 Å². The Morgan fingerprint density at radius 2 is 2.08 bits per heavy atom. The topological polar surface area (TPSA) is 108 Å². The van der Waals surface area contributed by atoms with E-state index >= 15 is 0 Å². The summed E-state index contributed by atoms with van der Waals surface area (Å²) in [6.07, 6.45) is 6.27. The van der Waals surface area contributed by atoms with Crippen LogP contribution in [0.25, 0.3) is 0 Å². The average molecular weight is 329 g/mol. The van der Waals surface area contributed by atoms with Crippen molar-refractivity contribution in [1.82, 2.24) is 30.8 Å². The van der Waals surface area contributed by atoms with Crippen molar-refractivity contribution < 1.29 is 4.79 Å². The Morgan fingerprint density at radius 1 is 1.29 bits per heavy atom. The summed E-state index contributed by atoms with van der Waals surface area (Å²) in [5.74, 6) is 1.59. The van der Waals surface area contributed by atoms with E-state index in [1.807, 2.05) is 19.9 Å². The average Bonchev–Trinajstić information content (AvgIpc) is 3.17. The highest BCUT2D eigenvalue weighted by Gasteiger charge is 2.28. The lowest BCUT2D eigenvalue weighted by Crippen LogP contribution is -2.43. The van der Waals surface area contributed by atoms with E-state index in [2.05, 4.69) is 36.1 Å². The van der Waals surface area contributed by atoms with Crippen LogP contribution in [0.5, 0.6) is 0 Å². The van der Waals surface area contributed by atoms with Gasteiger partial charge in [-0.05, 0) is 39.2 Å².